The summed E-state index contributed by atoms with van der Waals surface area (Å²) in [5.41, 5.74) is 6.85. The highest BCUT2D eigenvalue weighted by molar-refractivity contribution is 7.89. The first-order valence-corrected chi connectivity index (χ1v) is 12.5. The van der Waals surface area contributed by atoms with Crippen LogP contribution in [0.15, 0.2) is 78.2 Å². The molecule has 3 aromatic carbocycles. The van der Waals surface area contributed by atoms with Gasteiger partial charge in [-0.05, 0) is 68.4 Å². The van der Waals surface area contributed by atoms with E-state index in [0.29, 0.717) is 11.3 Å². The molecule has 166 valence electrons. The van der Waals surface area contributed by atoms with E-state index in [9.17, 15) is 8.42 Å². The SMILES string of the molecule is C=C(c1ccc(C)cc1)[C@@H]1C[C@H](Cc2ccccc2)N1S(=O)(=O)c1c(C)cc(C)cc1C. The molecule has 2 atom stereocenters. The van der Waals surface area contributed by atoms with Gasteiger partial charge in [-0.2, -0.15) is 4.31 Å². The molecule has 1 saturated heterocycles. The summed E-state index contributed by atoms with van der Waals surface area (Å²) in [4.78, 5) is 0.433. The molecule has 3 aromatic rings. The van der Waals surface area contributed by atoms with Crippen molar-refractivity contribution in [1.29, 1.82) is 0 Å². The second kappa shape index (κ2) is 8.68. The third-order valence-electron chi connectivity index (χ3n) is 6.44. The van der Waals surface area contributed by atoms with Crippen LogP contribution in [0.2, 0.25) is 0 Å². The molecule has 1 aliphatic rings. The topological polar surface area (TPSA) is 37.4 Å². The van der Waals surface area contributed by atoms with Gasteiger partial charge in [0, 0.05) is 6.04 Å². The molecule has 0 unspecified atom stereocenters. The van der Waals surface area contributed by atoms with E-state index in [1.54, 1.807) is 4.31 Å². The van der Waals surface area contributed by atoms with Crippen molar-refractivity contribution in [2.45, 2.75) is 57.5 Å². The molecule has 0 amide bonds. The molecule has 4 rings (SSSR count). The summed E-state index contributed by atoms with van der Waals surface area (Å²) < 4.78 is 29.8. The third-order valence-corrected chi connectivity index (χ3v) is 8.71. The molecule has 1 fully saturated rings. The number of nitrogens with zero attached hydrogens (tertiary/aromatic N) is 1. The van der Waals surface area contributed by atoms with Gasteiger partial charge in [-0.15, -0.1) is 0 Å². The van der Waals surface area contributed by atoms with Crippen molar-refractivity contribution < 1.29 is 8.42 Å². The van der Waals surface area contributed by atoms with Crippen molar-refractivity contribution in [3.8, 4) is 0 Å². The molecule has 1 heterocycles. The van der Waals surface area contributed by atoms with Crippen LogP contribution in [-0.2, 0) is 16.4 Å². The van der Waals surface area contributed by atoms with Crippen LogP contribution in [-0.4, -0.2) is 24.8 Å². The number of sulfonamides is 1. The molecular formula is C28H31NO2S. The quantitative estimate of drug-likeness (QED) is 0.466. The lowest BCUT2D eigenvalue weighted by molar-refractivity contribution is 0.151. The summed E-state index contributed by atoms with van der Waals surface area (Å²) in [5, 5.41) is 0. The summed E-state index contributed by atoms with van der Waals surface area (Å²) in [7, 11) is -3.69. The van der Waals surface area contributed by atoms with E-state index >= 15 is 0 Å². The van der Waals surface area contributed by atoms with Gasteiger partial charge in [0.1, 0.15) is 0 Å². The molecule has 0 saturated carbocycles. The van der Waals surface area contributed by atoms with Crippen molar-refractivity contribution in [2.75, 3.05) is 0 Å². The summed E-state index contributed by atoms with van der Waals surface area (Å²) in [6, 6.07) is 21.9. The third kappa shape index (κ3) is 4.17. The molecule has 0 aliphatic carbocycles. The Kier molecular flexibility index (Phi) is 6.11. The van der Waals surface area contributed by atoms with Crippen molar-refractivity contribution >= 4 is 15.6 Å². The molecule has 0 bridgehead atoms. The van der Waals surface area contributed by atoms with Gasteiger partial charge in [0.15, 0.2) is 0 Å². The lowest BCUT2D eigenvalue weighted by Crippen LogP contribution is -2.59. The molecule has 1 aliphatic heterocycles. The Hall–Kier alpha value is -2.69. The standard InChI is InChI=1S/C28H31NO2S/c1-19-11-13-25(14-12-19)23(5)27-18-26(17-24-9-7-6-8-10-24)29(27)32(30,31)28-21(3)15-20(2)16-22(28)4/h6-16,26-27H,5,17-18H2,1-4H3/t26-,27-/m0/s1. The van der Waals surface area contributed by atoms with Crippen LogP contribution < -0.4 is 0 Å². The molecule has 0 N–H and O–H groups in total. The van der Waals surface area contributed by atoms with E-state index in [-0.39, 0.29) is 12.1 Å². The Bertz CT molecular complexity index is 1220. The summed E-state index contributed by atoms with van der Waals surface area (Å²) in [6.45, 7) is 12.2. The van der Waals surface area contributed by atoms with E-state index in [0.717, 1.165) is 39.8 Å². The van der Waals surface area contributed by atoms with Gasteiger partial charge in [-0.3, -0.25) is 0 Å². The molecule has 4 heteroatoms. The molecule has 32 heavy (non-hydrogen) atoms. The fourth-order valence-corrected chi connectivity index (χ4v) is 7.18. The van der Waals surface area contributed by atoms with Gasteiger partial charge < -0.3 is 0 Å². The average Bonchev–Trinajstić information content (AvgIpc) is 2.70. The van der Waals surface area contributed by atoms with E-state index in [2.05, 4.69) is 18.7 Å². The number of hydrogen-bond acceptors (Lipinski definition) is 2. The lowest BCUT2D eigenvalue weighted by atomic mass is 9.84. The minimum absolute atomic E-state index is 0.0882. The second-order valence-electron chi connectivity index (χ2n) is 9.05. The molecular weight excluding hydrogens is 414 g/mol. The van der Waals surface area contributed by atoms with Gasteiger partial charge in [-0.1, -0.05) is 84.4 Å². The van der Waals surface area contributed by atoms with E-state index in [4.69, 9.17) is 0 Å². The normalized spacial score (nSPS) is 18.9. The summed E-state index contributed by atoms with van der Waals surface area (Å²) in [5.74, 6) is 0. The van der Waals surface area contributed by atoms with Crippen LogP contribution in [0.4, 0.5) is 0 Å². The molecule has 3 nitrogen and oxygen atoms in total. The Balaban J connectivity index is 1.74. The maximum Gasteiger partial charge on any atom is 0.244 e. The number of aryl methyl sites for hydroxylation is 4. The summed E-state index contributed by atoms with van der Waals surface area (Å²) in [6.07, 6.45) is 1.46. The fourth-order valence-electron chi connectivity index (χ4n) is 4.94. The second-order valence-corrected chi connectivity index (χ2v) is 10.8. The number of hydrogen-bond donors (Lipinski definition) is 0. The maximum atomic E-state index is 14.1. The van der Waals surface area contributed by atoms with Gasteiger partial charge >= 0.3 is 0 Å². The Labute approximate surface area is 192 Å². The predicted molar refractivity (Wildman–Crippen MR) is 132 cm³/mol. The monoisotopic (exact) mass is 445 g/mol. The molecule has 0 spiro atoms. The first kappa shape index (κ1) is 22.5. The highest BCUT2D eigenvalue weighted by Crippen LogP contribution is 2.42. The van der Waals surface area contributed by atoms with Crippen LogP contribution in [0.5, 0.6) is 0 Å². The molecule has 0 radical (unpaired) electrons. The Morgan fingerprint density at radius 3 is 2.09 bits per heavy atom. The van der Waals surface area contributed by atoms with E-state index in [1.165, 1.54) is 5.56 Å². The number of rotatable bonds is 6. The Morgan fingerprint density at radius 2 is 1.50 bits per heavy atom. The number of benzene rings is 3. The first-order chi connectivity index (χ1) is 15.2. The smallest absolute Gasteiger partial charge is 0.207 e. The lowest BCUT2D eigenvalue weighted by Gasteiger charge is -2.48. The maximum absolute atomic E-state index is 14.1. The zero-order chi connectivity index (χ0) is 23.0. The summed E-state index contributed by atoms with van der Waals surface area (Å²) >= 11 is 0. The van der Waals surface area contributed by atoms with Gasteiger partial charge in [-0.25, -0.2) is 8.42 Å². The molecule has 0 aromatic heterocycles. The van der Waals surface area contributed by atoms with Crippen molar-refractivity contribution in [2.24, 2.45) is 0 Å². The highest BCUT2D eigenvalue weighted by atomic mass is 32.2. The van der Waals surface area contributed by atoms with Gasteiger partial charge in [0.05, 0.1) is 10.9 Å². The highest BCUT2D eigenvalue weighted by Gasteiger charge is 2.48. The van der Waals surface area contributed by atoms with Crippen LogP contribution in [0, 0.1) is 27.7 Å². The van der Waals surface area contributed by atoms with E-state index < -0.39 is 10.0 Å². The minimum Gasteiger partial charge on any atom is -0.207 e. The largest absolute Gasteiger partial charge is 0.244 e. The minimum atomic E-state index is -3.69. The van der Waals surface area contributed by atoms with Crippen LogP contribution in [0.25, 0.3) is 5.57 Å². The zero-order valence-electron chi connectivity index (χ0n) is 19.3. The van der Waals surface area contributed by atoms with Crippen molar-refractivity contribution in [3.05, 3.63) is 107 Å². The van der Waals surface area contributed by atoms with Crippen LogP contribution in [0.1, 0.15) is 39.8 Å². The van der Waals surface area contributed by atoms with Gasteiger partial charge in [0.2, 0.25) is 10.0 Å². The van der Waals surface area contributed by atoms with Crippen LogP contribution >= 0.6 is 0 Å². The van der Waals surface area contributed by atoms with Crippen molar-refractivity contribution in [1.82, 2.24) is 4.31 Å². The fraction of sp³-hybridized carbons (Fsp3) is 0.286. The first-order valence-electron chi connectivity index (χ1n) is 11.1. The predicted octanol–water partition coefficient (Wildman–Crippen LogP) is 6.01. The van der Waals surface area contributed by atoms with Crippen molar-refractivity contribution in [3.63, 3.8) is 0 Å². The van der Waals surface area contributed by atoms with E-state index in [1.807, 2.05) is 82.3 Å². The average molecular weight is 446 g/mol. The zero-order valence-corrected chi connectivity index (χ0v) is 20.1. The van der Waals surface area contributed by atoms with Crippen LogP contribution in [0.3, 0.4) is 0 Å². The van der Waals surface area contributed by atoms with Gasteiger partial charge in [0.25, 0.3) is 0 Å². The Morgan fingerprint density at radius 1 is 0.906 bits per heavy atom.